The van der Waals surface area contributed by atoms with Gasteiger partial charge in [-0.3, -0.25) is 10.2 Å². The van der Waals surface area contributed by atoms with Crippen LogP contribution in [0, 0.1) is 5.41 Å². The Bertz CT molecular complexity index is 1070. The van der Waals surface area contributed by atoms with Crippen LogP contribution >= 0.6 is 11.3 Å². The molecule has 5 nitrogen and oxygen atoms in total. The van der Waals surface area contributed by atoms with Crippen LogP contribution in [0.3, 0.4) is 0 Å². The van der Waals surface area contributed by atoms with E-state index < -0.39 is 11.9 Å². The summed E-state index contributed by atoms with van der Waals surface area (Å²) in [6.45, 7) is 0. The van der Waals surface area contributed by atoms with Crippen molar-refractivity contribution in [1.29, 1.82) is 5.41 Å². The first-order chi connectivity index (χ1) is 13.1. The summed E-state index contributed by atoms with van der Waals surface area (Å²) in [5.41, 5.74) is 8.63. The zero-order valence-corrected chi connectivity index (χ0v) is 15.1. The van der Waals surface area contributed by atoms with Gasteiger partial charge in [-0.2, -0.15) is 0 Å². The second-order valence-electron chi connectivity index (χ2n) is 6.19. The molecule has 1 unspecified atom stereocenters. The first-order valence-corrected chi connectivity index (χ1v) is 9.21. The van der Waals surface area contributed by atoms with Gasteiger partial charge in [0.1, 0.15) is 11.5 Å². The Morgan fingerprint density at radius 2 is 1.74 bits per heavy atom. The molecule has 1 amide bonds. The predicted molar refractivity (Wildman–Crippen MR) is 108 cm³/mol. The average Bonchev–Trinajstić information content (AvgIpc) is 3.28. The van der Waals surface area contributed by atoms with Crippen molar-refractivity contribution >= 4 is 28.7 Å². The van der Waals surface area contributed by atoms with E-state index in [2.05, 4.69) is 5.32 Å². The van der Waals surface area contributed by atoms with E-state index in [9.17, 15) is 9.90 Å². The molecule has 1 fully saturated rings. The number of benzene rings is 2. The average molecular weight is 375 g/mol. The fraction of sp³-hybridized carbons (Fsp3) is 0.0476. The van der Waals surface area contributed by atoms with Gasteiger partial charge in [0.2, 0.25) is 0 Å². The van der Waals surface area contributed by atoms with Gasteiger partial charge in [0, 0.05) is 26.6 Å². The van der Waals surface area contributed by atoms with E-state index in [4.69, 9.17) is 11.1 Å². The third kappa shape index (κ3) is 3.00. The molecule has 0 saturated carbocycles. The molecule has 0 aliphatic carbocycles. The number of phenols is 1. The first kappa shape index (κ1) is 17.1. The molecule has 5 N–H and O–H groups in total. The van der Waals surface area contributed by atoms with Gasteiger partial charge in [-0.25, -0.2) is 0 Å². The van der Waals surface area contributed by atoms with Crippen LogP contribution in [0.4, 0.5) is 0 Å². The van der Waals surface area contributed by atoms with Crippen LogP contribution in [0.25, 0.3) is 16.1 Å². The lowest BCUT2D eigenvalue weighted by Gasteiger charge is -2.13. The van der Waals surface area contributed by atoms with E-state index >= 15 is 0 Å². The van der Waals surface area contributed by atoms with Crippen LogP contribution in [-0.2, 0) is 4.79 Å². The van der Waals surface area contributed by atoms with Gasteiger partial charge < -0.3 is 16.2 Å². The van der Waals surface area contributed by atoms with Gasteiger partial charge in [0.25, 0.3) is 5.91 Å². The number of aromatic hydroxyl groups is 1. The fourth-order valence-corrected chi connectivity index (χ4v) is 4.26. The number of phenolic OH excluding ortho intramolecular Hbond substituents is 1. The molecule has 0 spiro atoms. The molecular weight excluding hydrogens is 358 g/mol. The Hall–Kier alpha value is -3.38. The maximum absolute atomic E-state index is 12.2. The maximum atomic E-state index is 12.2. The van der Waals surface area contributed by atoms with Gasteiger partial charge in [-0.05, 0) is 29.8 Å². The number of nitrogens with one attached hydrogen (secondary N) is 2. The van der Waals surface area contributed by atoms with Gasteiger partial charge >= 0.3 is 0 Å². The van der Waals surface area contributed by atoms with Crippen LogP contribution in [0.2, 0.25) is 0 Å². The second kappa shape index (κ2) is 6.74. The summed E-state index contributed by atoms with van der Waals surface area (Å²) in [6.07, 6.45) is 0. The molecule has 1 aliphatic rings. The molecule has 2 heterocycles. The van der Waals surface area contributed by atoms with Crippen LogP contribution in [0.1, 0.15) is 16.5 Å². The maximum Gasteiger partial charge on any atom is 0.270 e. The molecule has 2 aromatic carbocycles. The van der Waals surface area contributed by atoms with Crippen molar-refractivity contribution in [2.75, 3.05) is 0 Å². The van der Waals surface area contributed by atoms with Gasteiger partial charge in [-0.1, -0.05) is 42.5 Å². The summed E-state index contributed by atoms with van der Waals surface area (Å²) in [7, 11) is 0. The standard InChI is InChI=1S/C21H17N3O2S/c22-18(12-6-2-1-3-7-12)17-19(23)21(26)24-20(17)16-11-10-15(27-16)13-8-4-5-9-14(13)25/h1-11,20,23,25H,22H2,(H,24,26). The fourth-order valence-electron chi connectivity index (χ4n) is 3.15. The molecule has 0 bridgehead atoms. The summed E-state index contributed by atoms with van der Waals surface area (Å²) < 4.78 is 0. The number of hydrogen-bond donors (Lipinski definition) is 4. The Balaban J connectivity index is 1.78. The number of rotatable bonds is 3. The molecule has 1 atom stereocenters. The van der Waals surface area contributed by atoms with E-state index in [1.807, 2.05) is 54.6 Å². The SMILES string of the molecule is N=C1C(=O)NC(c2ccc(-c3ccccc3O)s2)C1=C(N)c1ccccc1. The lowest BCUT2D eigenvalue weighted by molar-refractivity contribution is -0.114. The van der Waals surface area contributed by atoms with Gasteiger partial charge in [-0.15, -0.1) is 11.3 Å². The summed E-state index contributed by atoms with van der Waals surface area (Å²) in [4.78, 5) is 13.9. The number of para-hydroxylation sites is 1. The van der Waals surface area contributed by atoms with Crippen molar-refractivity contribution in [3.8, 4) is 16.2 Å². The van der Waals surface area contributed by atoms with E-state index in [1.165, 1.54) is 11.3 Å². The lowest BCUT2D eigenvalue weighted by Crippen LogP contribution is -2.20. The normalized spacial score (nSPS) is 18.4. The van der Waals surface area contributed by atoms with Crippen LogP contribution in [0.15, 0.2) is 72.3 Å². The van der Waals surface area contributed by atoms with Crippen molar-refractivity contribution in [3.63, 3.8) is 0 Å². The van der Waals surface area contributed by atoms with Crippen molar-refractivity contribution in [2.24, 2.45) is 5.73 Å². The highest BCUT2D eigenvalue weighted by Gasteiger charge is 2.36. The number of thiophene rings is 1. The molecule has 4 rings (SSSR count). The number of amides is 1. The number of carbonyl (C=O) groups is 1. The second-order valence-corrected chi connectivity index (χ2v) is 7.31. The molecule has 6 heteroatoms. The lowest BCUT2D eigenvalue weighted by atomic mass is 9.98. The molecule has 0 radical (unpaired) electrons. The summed E-state index contributed by atoms with van der Waals surface area (Å²) in [5, 5.41) is 21.1. The zero-order chi connectivity index (χ0) is 19.0. The molecular formula is C21H17N3O2S. The van der Waals surface area contributed by atoms with E-state index in [0.717, 1.165) is 20.9 Å². The predicted octanol–water partition coefficient (Wildman–Crippen LogP) is 3.68. The Kier molecular flexibility index (Phi) is 4.25. The highest BCUT2D eigenvalue weighted by Crippen LogP contribution is 2.40. The molecule has 1 aromatic heterocycles. The zero-order valence-electron chi connectivity index (χ0n) is 14.3. The van der Waals surface area contributed by atoms with Crippen molar-refractivity contribution < 1.29 is 9.90 Å². The molecule has 134 valence electrons. The topological polar surface area (TPSA) is 99.2 Å². The Morgan fingerprint density at radius 3 is 2.48 bits per heavy atom. The minimum atomic E-state index is -0.477. The number of nitrogens with two attached hydrogens (primary N) is 1. The minimum absolute atomic E-state index is 0.112. The highest BCUT2D eigenvalue weighted by molar-refractivity contribution is 7.15. The molecule has 3 aromatic rings. The third-order valence-corrected chi connectivity index (χ3v) is 5.70. The quantitative estimate of drug-likeness (QED) is 0.562. The number of carbonyl (C=O) groups excluding carboxylic acids is 1. The highest BCUT2D eigenvalue weighted by atomic mass is 32.1. The van der Waals surface area contributed by atoms with Crippen LogP contribution in [0.5, 0.6) is 5.75 Å². The van der Waals surface area contributed by atoms with E-state index in [0.29, 0.717) is 11.3 Å². The molecule has 1 aliphatic heterocycles. The smallest absolute Gasteiger partial charge is 0.270 e. The van der Waals surface area contributed by atoms with E-state index in [-0.39, 0.29) is 11.5 Å². The van der Waals surface area contributed by atoms with Gasteiger partial charge in [0.15, 0.2) is 0 Å². The van der Waals surface area contributed by atoms with Crippen molar-refractivity contribution in [2.45, 2.75) is 6.04 Å². The molecule has 27 heavy (non-hydrogen) atoms. The van der Waals surface area contributed by atoms with Crippen LogP contribution in [-0.4, -0.2) is 16.7 Å². The first-order valence-electron chi connectivity index (χ1n) is 8.39. The minimum Gasteiger partial charge on any atom is -0.507 e. The largest absolute Gasteiger partial charge is 0.507 e. The molecule has 1 saturated heterocycles. The third-order valence-electron chi connectivity index (χ3n) is 4.52. The number of hydrogen-bond acceptors (Lipinski definition) is 5. The van der Waals surface area contributed by atoms with E-state index in [1.54, 1.807) is 12.1 Å². The monoisotopic (exact) mass is 375 g/mol. The summed E-state index contributed by atoms with van der Waals surface area (Å²) >= 11 is 1.46. The van der Waals surface area contributed by atoms with Gasteiger partial charge in [0.05, 0.1) is 6.04 Å². The van der Waals surface area contributed by atoms with Crippen molar-refractivity contribution in [3.05, 3.63) is 82.7 Å². The Labute approximate surface area is 160 Å². The Morgan fingerprint density at radius 1 is 1.04 bits per heavy atom. The summed E-state index contributed by atoms with van der Waals surface area (Å²) in [6, 6.07) is 19.8. The van der Waals surface area contributed by atoms with Crippen LogP contribution < -0.4 is 11.1 Å². The summed E-state index contributed by atoms with van der Waals surface area (Å²) in [5.74, 6) is -0.236. The van der Waals surface area contributed by atoms with Crippen molar-refractivity contribution in [1.82, 2.24) is 5.32 Å².